The Balaban J connectivity index is 2.85. The highest BCUT2D eigenvalue weighted by molar-refractivity contribution is 7.89. The Bertz CT molecular complexity index is 487. The molecule has 3 N–H and O–H groups in total. The van der Waals surface area contributed by atoms with E-state index < -0.39 is 10.0 Å². The summed E-state index contributed by atoms with van der Waals surface area (Å²) >= 11 is 0. The Morgan fingerprint density at radius 3 is 2.44 bits per heavy atom. The van der Waals surface area contributed by atoms with Gasteiger partial charge in [-0.1, -0.05) is 19.8 Å². The van der Waals surface area contributed by atoms with Gasteiger partial charge in [0.2, 0.25) is 10.0 Å². The lowest BCUT2D eigenvalue weighted by atomic mass is 10.1. The van der Waals surface area contributed by atoms with Crippen molar-refractivity contribution in [3.05, 3.63) is 23.3 Å². The van der Waals surface area contributed by atoms with Gasteiger partial charge >= 0.3 is 0 Å². The van der Waals surface area contributed by atoms with Gasteiger partial charge in [-0.15, -0.1) is 0 Å². The standard InChI is InChI=1S/C13H22N2O2S/c1-4-5-6-7-15-18(16,17)12-8-10(2)11(3)13(14)9-12/h8-9,15H,4-7,14H2,1-3H3. The number of nitrogens with two attached hydrogens (primary N) is 1. The van der Waals surface area contributed by atoms with Crippen LogP contribution in [0.4, 0.5) is 5.69 Å². The molecule has 18 heavy (non-hydrogen) atoms. The number of nitrogen functional groups attached to an aromatic ring is 1. The van der Waals surface area contributed by atoms with Gasteiger partial charge in [0.25, 0.3) is 0 Å². The number of anilines is 1. The highest BCUT2D eigenvalue weighted by Gasteiger charge is 2.15. The van der Waals surface area contributed by atoms with Crippen molar-refractivity contribution in [2.24, 2.45) is 0 Å². The Labute approximate surface area is 110 Å². The lowest BCUT2D eigenvalue weighted by Gasteiger charge is -2.10. The van der Waals surface area contributed by atoms with Crippen LogP contribution in [0.15, 0.2) is 17.0 Å². The predicted molar refractivity (Wildman–Crippen MR) is 75.0 cm³/mol. The number of hydrogen-bond acceptors (Lipinski definition) is 3. The third-order valence-electron chi connectivity index (χ3n) is 3.06. The fourth-order valence-corrected chi connectivity index (χ4v) is 2.87. The molecule has 4 nitrogen and oxygen atoms in total. The van der Waals surface area contributed by atoms with Gasteiger partial charge in [0.15, 0.2) is 0 Å². The smallest absolute Gasteiger partial charge is 0.240 e. The average molecular weight is 270 g/mol. The molecular weight excluding hydrogens is 248 g/mol. The van der Waals surface area contributed by atoms with E-state index in [9.17, 15) is 8.42 Å². The van der Waals surface area contributed by atoms with Gasteiger partial charge in [-0.25, -0.2) is 13.1 Å². The summed E-state index contributed by atoms with van der Waals surface area (Å²) in [4.78, 5) is 0.250. The van der Waals surface area contributed by atoms with Gasteiger partial charge in [0, 0.05) is 12.2 Å². The first-order chi connectivity index (χ1) is 8.38. The van der Waals surface area contributed by atoms with E-state index in [2.05, 4.69) is 11.6 Å². The van der Waals surface area contributed by atoms with Crippen LogP contribution in [-0.4, -0.2) is 15.0 Å². The van der Waals surface area contributed by atoms with Crippen molar-refractivity contribution in [1.29, 1.82) is 0 Å². The number of nitrogens with one attached hydrogen (secondary N) is 1. The maximum absolute atomic E-state index is 12.0. The Morgan fingerprint density at radius 1 is 1.22 bits per heavy atom. The van der Waals surface area contributed by atoms with Crippen LogP contribution in [-0.2, 0) is 10.0 Å². The third-order valence-corrected chi connectivity index (χ3v) is 4.50. The van der Waals surface area contributed by atoms with Crippen LogP contribution in [0.25, 0.3) is 0 Å². The summed E-state index contributed by atoms with van der Waals surface area (Å²) < 4.78 is 26.7. The molecule has 0 amide bonds. The number of rotatable bonds is 6. The van der Waals surface area contributed by atoms with Gasteiger partial charge in [0.05, 0.1) is 4.90 Å². The van der Waals surface area contributed by atoms with Crippen molar-refractivity contribution in [2.45, 2.75) is 44.9 Å². The molecule has 1 rings (SSSR count). The van der Waals surface area contributed by atoms with E-state index in [1.54, 1.807) is 6.07 Å². The van der Waals surface area contributed by atoms with E-state index in [0.717, 1.165) is 30.4 Å². The van der Waals surface area contributed by atoms with Crippen LogP contribution in [0.1, 0.15) is 37.3 Å². The summed E-state index contributed by atoms with van der Waals surface area (Å²) in [5.74, 6) is 0. The van der Waals surface area contributed by atoms with Gasteiger partial charge in [-0.3, -0.25) is 0 Å². The van der Waals surface area contributed by atoms with Crippen LogP contribution in [0.2, 0.25) is 0 Å². The van der Waals surface area contributed by atoms with Crippen molar-refractivity contribution in [2.75, 3.05) is 12.3 Å². The molecule has 102 valence electrons. The minimum Gasteiger partial charge on any atom is -0.398 e. The fourth-order valence-electron chi connectivity index (χ4n) is 1.67. The van der Waals surface area contributed by atoms with Crippen LogP contribution in [0.5, 0.6) is 0 Å². The minimum atomic E-state index is -3.43. The second kappa shape index (κ2) is 6.20. The van der Waals surface area contributed by atoms with E-state index in [1.807, 2.05) is 13.8 Å². The Hall–Kier alpha value is -1.07. The van der Waals surface area contributed by atoms with Crippen molar-refractivity contribution in [1.82, 2.24) is 4.72 Å². The second-order valence-electron chi connectivity index (χ2n) is 4.56. The van der Waals surface area contributed by atoms with Crippen LogP contribution >= 0.6 is 0 Å². The first kappa shape index (κ1) is 15.0. The van der Waals surface area contributed by atoms with Crippen LogP contribution < -0.4 is 10.5 Å². The molecule has 0 heterocycles. The normalized spacial score (nSPS) is 11.7. The molecule has 1 aromatic carbocycles. The van der Waals surface area contributed by atoms with E-state index in [-0.39, 0.29) is 4.90 Å². The maximum atomic E-state index is 12.0. The van der Waals surface area contributed by atoms with Gasteiger partial charge in [-0.2, -0.15) is 0 Å². The summed E-state index contributed by atoms with van der Waals surface area (Å²) in [6.07, 6.45) is 2.95. The topological polar surface area (TPSA) is 72.2 Å². The van der Waals surface area contributed by atoms with Gasteiger partial charge < -0.3 is 5.73 Å². The SMILES string of the molecule is CCCCCNS(=O)(=O)c1cc(C)c(C)c(N)c1. The first-order valence-corrected chi connectivity index (χ1v) is 7.73. The van der Waals surface area contributed by atoms with Gasteiger partial charge in [0.1, 0.15) is 0 Å². The number of sulfonamides is 1. The van der Waals surface area contributed by atoms with Crippen LogP contribution in [0.3, 0.4) is 0 Å². The minimum absolute atomic E-state index is 0.250. The molecule has 0 aliphatic heterocycles. The number of aryl methyl sites for hydroxylation is 1. The summed E-state index contributed by atoms with van der Waals surface area (Å²) in [7, 11) is -3.43. The molecular formula is C13H22N2O2S. The summed E-state index contributed by atoms with van der Waals surface area (Å²) in [5.41, 5.74) is 8.14. The Kier molecular flexibility index (Phi) is 5.16. The molecule has 0 aromatic heterocycles. The number of benzene rings is 1. The molecule has 0 radical (unpaired) electrons. The van der Waals surface area contributed by atoms with E-state index in [0.29, 0.717) is 12.2 Å². The van der Waals surface area contributed by atoms with E-state index >= 15 is 0 Å². The highest BCUT2D eigenvalue weighted by atomic mass is 32.2. The molecule has 0 unspecified atom stereocenters. The predicted octanol–water partition coefficient (Wildman–Crippen LogP) is 2.35. The van der Waals surface area contributed by atoms with Crippen molar-refractivity contribution in [3.8, 4) is 0 Å². The van der Waals surface area contributed by atoms with Crippen molar-refractivity contribution in [3.63, 3.8) is 0 Å². The lowest BCUT2D eigenvalue weighted by Crippen LogP contribution is -2.25. The molecule has 0 saturated heterocycles. The molecule has 0 spiro atoms. The zero-order chi connectivity index (χ0) is 13.8. The molecule has 1 aromatic rings. The number of hydrogen-bond donors (Lipinski definition) is 2. The highest BCUT2D eigenvalue weighted by Crippen LogP contribution is 2.21. The van der Waals surface area contributed by atoms with Gasteiger partial charge in [-0.05, 0) is 43.5 Å². The molecule has 0 aliphatic rings. The molecule has 5 heteroatoms. The lowest BCUT2D eigenvalue weighted by molar-refractivity contribution is 0.576. The quantitative estimate of drug-likeness (QED) is 0.615. The van der Waals surface area contributed by atoms with E-state index in [1.165, 1.54) is 6.07 Å². The monoisotopic (exact) mass is 270 g/mol. The summed E-state index contributed by atoms with van der Waals surface area (Å²) in [6.45, 7) is 6.30. The van der Waals surface area contributed by atoms with Crippen LogP contribution in [0, 0.1) is 13.8 Å². The zero-order valence-electron chi connectivity index (χ0n) is 11.3. The van der Waals surface area contributed by atoms with Crippen molar-refractivity contribution < 1.29 is 8.42 Å². The summed E-state index contributed by atoms with van der Waals surface area (Å²) in [5, 5.41) is 0. The second-order valence-corrected chi connectivity index (χ2v) is 6.33. The summed E-state index contributed by atoms with van der Waals surface area (Å²) in [6, 6.07) is 3.18. The average Bonchev–Trinajstić information content (AvgIpc) is 2.31. The largest absolute Gasteiger partial charge is 0.398 e. The first-order valence-electron chi connectivity index (χ1n) is 6.25. The van der Waals surface area contributed by atoms with E-state index in [4.69, 9.17) is 5.73 Å². The van der Waals surface area contributed by atoms with Crippen molar-refractivity contribution >= 4 is 15.7 Å². The zero-order valence-corrected chi connectivity index (χ0v) is 12.1. The fraction of sp³-hybridized carbons (Fsp3) is 0.538. The Morgan fingerprint density at radius 2 is 1.89 bits per heavy atom. The molecule has 0 bridgehead atoms. The number of unbranched alkanes of at least 4 members (excludes halogenated alkanes) is 2. The molecule has 0 atom stereocenters. The third kappa shape index (κ3) is 3.71. The molecule has 0 aliphatic carbocycles. The molecule has 0 saturated carbocycles. The maximum Gasteiger partial charge on any atom is 0.240 e. The molecule has 0 fully saturated rings.